The highest BCUT2D eigenvalue weighted by Gasteiger charge is 2.20. The molecule has 3 nitrogen and oxygen atoms in total. The molecule has 0 bridgehead atoms. The van der Waals surface area contributed by atoms with Gasteiger partial charge in [0.25, 0.3) is 0 Å². The molecule has 1 amide bonds. The molecule has 1 fully saturated rings. The Morgan fingerprint density at radius 1 is 1.29 bits per heavy atom. The van der Waals surface area contributed by atoms with Crippen LogP contribution < -0.4 is 10.1 Å². The molecule has 1 aliphatic carbocycles. The molecule has 1 aromatic carbocycles. The Labute approximate surface area is 135 Å². The number of halogens is 1. The van der Waals surface area contributed by atoms with Crippen LogP contribution in [0.5, 0.6) is 5.75 Å². The summed E-state index contributed by atoms with van der Waals surface area (Å²) in [5.41, 5.74) is 1.93. The lowest BCUT2D eigenvalue weighted by Gasteiger charge is -2.15. The van der Waals surface area contributed by atoms with E-state index in [2.05, 4.69) is 21.2 Å². The molecule has 0 heterocycles. The Kier molecular flexibility index (Phi) is 6.55. The van der Waals surface area contributed by atoms with Crippen LogP contribution >= 0.6 is 15.9 Å². The monoisotopic (exact) mass is 353 g/mol. The third-order valence-electron chi connectivity index (χ3n) is 4.00. The molecule has 0 aliphatic heterocycles. The maximum Gasteiger partial charge on any atom is 0.227 e. The zero-order valence-electron chi connectivity index (χ0n) is 12.7. The predicted molar refractivity (Wildman–Crippen MR) is 90.1 cm³/mol. The highest BCUT2D eigenvalue weighted by atomic mass is 79.9. The second-order valence-corrected chi connectivity index (χ2v) is 6.13. The maximum absolute atomic E-state index is 12.4. The predicted octanol–water partition coefficient (Wildman–Crippen LogP) is 4.89. The van der Waals surface area contributed by atoms with E-state index in [1.165, 1.54) is 25.7 Å². The summed E-state index contributed by atoms with van der Waals surface area (Å²) in [5.74, 6) is 1.22. The smallest absolute Gasteiger partial charge is 0.227 e. The summed E-state index contributed by atoms with van der Waals surface area (Å²) in [6.07, 6.45) is 6.92. The molecule has 2 rings (SSSR count). The van der Waals surface area contributed by atoms with Gasteiger partial charge in [-0.3, -0.25) is 4.79 Å². The molecule has 1 N–H and O–H groups in total. The van der Waals surface area contributed by atoms with Crippen molar-refractivity contribution in [2.45, 2.75) is 50.8 Å². The summed E-state index contributed by atoms with van der Waals surface area (Å²) in [5, 5.41) is 3.79. The maximum atomic E-state index is 12.4. The van der Waals surface area contributed by atoms with Gasteiger partial charge in [-0.05, 0) is 38.0 Å². The van der Waals surface area contributed by atoms with Gasteiger partial charge in [0.2, 0.25) is 5.91 Å². The van der Waals surface area contributed by atoms with E-state index in [9.17, 15) is 4.79 Å². The van der Waals surface area contributed by atoms with Crippen molar-refractivity contribution in [2.24, 2.45) is 5.92 Å². The molecule has 0 radical (unpaired) electrons. The largest absolute Gasteiger partial charge is 0.494 e. The van der Waals surface area contributed by atoms with Crippen molar-refractivity contribution in [3.63, 3.8) is 0 Å². The van der Waals surface area contributed by atoms with Gasteiger partial charge in [0.15, 0.2) is 0 Å². The lowest BCUT2D eigenvalue weighted by Crippen LogP contribution is -2.22. The van der Waals surface area contributed by atoms with Crippen LogP contribution in [0.4, 0.5) is 5.69 Å². The first-order chi connectivity index (χ1) is 10.2. The van der Waals surface area contributed by atoms with Gasteiger partial charge in [-0.25, -0.2) is 0 Å². The number of rotatable bonds is 5. The van der Waals surface area contributed by atoms with Crippen LogP contribution in [-0.2, 0) is 10.1 Å². The van der Waals surface area contributed by atoms with E-state index in [1.807, 2.05) is 25.1 Å². The number of carbonyl (C=O) groups is 1. The fourth-order valence-corrected chi connectivity index (χ4v) is 3.28. The number of hydrogen-bond donors (Lipinski definition) is 1. The first kappa shape index (κ1) is 16.3. The lowest BCUT2D eigenvalue weighted by atomic mass is 9.99. The molecule has 4 heteroatoms. The number of carbonyl (C=O) groups excluding carboxylic acids is 1. The first-order valence-corrected chi connectivity index (χ1v) is 8.99. The second kappa shape index (κ2) is 8.42. The molecule has 0 spiro atoms. The number of benzene rings is 1. The molecule has 1 aromatic rings. The van der Waals surface area contributed by atoms with E-state index >= 15 is 0 Å². The summed E-state index contributed by atoms with van der Waals surface area (Å²) >= 11 is 3.47. The van der Waals surface area contributed by atoms with Gasteiger partial charge in [0, 0.05) is 22.5 Å². The number of alkyl halides is 1. The topological polar surface area (TPSA) is 38.3 Å². The minimum absolute atomic E-state index is 0.168. The molecule has 1 aliphatic rings. The van der Waals surface area contributed by atoms with E-state index in [-0.39, 0.29) is 11.8 Å². The summed E-state index contributed by atoms with van der Waals surface area (Å²) in [6, 6.07) is 5.85. The first-order valence-electron chi connectivity index (χ1n) is 7.87. The van der Waals surface area contributed by atoms with Crippen LogP contribution in [0, 0.1) is 5.92 Å². The van der Waals surface area contributed by atoms with E-state index in [0.29, 0.717) is 6.61 Å². The van der Waals surface area contributed by atoms with Gasteiger partial charge in [-0.1, -0.05) is 41.6 Å². The van der Waals surface area contributed by atoms with E-state index < -0.39 is 0 Å². The van der Waals surface area contributed by atoms with Gasteiger partial charge >= 0.3 is 0 Å². The third kappa shape index (κ3) is 4.73. The van der Waals surface area contributed by atoms with E-state index in [0.717, 1.165) is 35.2 Å². The zero-order valence-corrected chi connectivity index (χ0v) is 14.2. The Morgan fingerprint density at radius 3 is 2.62 bits per heavy atom. The summed E-state index contributed by atoms with van der Waals surface area (Å²) in [4.78, 5) is 12.4. The van der Waals surface area contributed by atoms with Crippen LogP contribution in [0.25, 0.3) is 0 Å². The molecule has 116 valence electrons. The average molecular weight is 354 g/mol. The van der Waals surface area contributed by atoms with Gasteiger partial charge in [-0.2, -0.15) is 0 Å². The number of amides is 1. The number of anilines is 1. The van der Waals surface area contributed by atoms with Crippen molar-refractivity contribution < 1.29 is 9.53 Å². The summed E-state index contributed by atoms with van der Waals surface area (Å²) < 4.78 is 5.58. The van der Waals surface area contributed by atoms with Crippen LogP contribution in [0.3, 0.4) is 0 Å². The minimum Gasteiger partial charge on any atom is -0.494 e. The van der Waals surface area contributed by atoms with Crippen molar-refractivity contribution in [3.8, 4) is 5.75 Å². The molecule has 21 heavy (non-hydrogen) atoms. The normalized spacial score (nSPS) is 16.3. The van der Waals surface area contributed by atoms with Crippen molar-refractivity contribution in [1.29, 1.82) is 0 Å². The van der Waals surface area contributed by atoms with Crippen LogP contribution in [-0.4, -0.2) is 12.5 Å². The van der Waals surface area contributed by atoms with Gasteiger partial charge in [0.1, 0.15) is 5.75 Å². The fourth-order valence-electron chi connectivity index (χ4n) is 2.84. The second-order valence-electron chi connectivity index (χ2n) is 5.57. The van der Waals surface area contributed by atoms with Crippen molar-refractivity contribution in [1.82, 2.24) is 0 Å². The van der Waals surface area contributed by atoms with Crippen molar-refractivity contribution in [2.75, 3.05) is 11.9 Å². The fraction of sp³-hybridized carbons (Fsp3) is 0.588. The quantitative estimate of drug-likeness (QED) is 0.604. The third-order valence-corrected chi connectivity index (χ3v) is 4.60. The standard InChI is InChI=1S/C17H24BrNO2/c1-2-21-16-10-9-15(11-14(16)12-18)19-17(20)13-7-5-3-4-6-8-13/h9-11,13H,2-8,12H2,1H3,(H,19,20). The molecular formula is C17H24BrNO2. The number of hydrogen-bond acceptors (Lipinski definition) is 2. The highest BCUT2D eigenvalue weighted by Crippen LogP contribution is 2.27. The molecule has 0 unspecified atom stereocenters. The van der Waals surface area contributed by atoms with Gasteiger partial charge < -0.3 is 10.1 Å². The summed E-state index contributed by atoms with van der Waals surface area (Å²) in [6.45, 7) is 2.62. The van der Waals surface area contributed by atoms with E-state index in [1.54, 1.807) is 0 Å². The zero-order chi connectivity index (χ0) is 15.1. The Bertz CT molecular complexity index is 468. The molecule has 0 atom stereocenters. The van der Waals surface area contributed by atoms with Crippen LogP contribution in [0.2, 0.25) is 0 Å². The molecule has 0 aromatic heterocycles. The summed E-state index contributed by atoms with van der Waals surface area (Å²) in [7, 11) is 0. The minimum atomic E-state index is 0.168. The van der Waals surface area contributed by atoms with Crippen molar-refractivity contribution >= 4 is 27.5 Å². The molecule has 1 saturated carbocycles. The van der Waals surface area contributed by atoms with Crippen LogP contribution in [0.1, 0.15) is 51.0 Å². The van der Waals surface area contributed by atoms with Gasteiger partial charge in [0.05, 0.1) is 6.61 Å². The van der Waals surface area contributed by atoms with E-state index in [4.69, 9.17) is 4.74 Å². The highest BCUT2D eigenvalue weighted by molar-refractivity contribution is 9.08. The number of ether oxygens (including phenoxy) is 1. The molecular weight excluding hydrogens is 330 g/mol. The Balaban J connectivity index is 2.02. The lowest BCUT2D eigenvalue weighted by molar-refractivity contribution is -0.120. The Hall–Kier alpha value is -1.03. The van der Waals surface area contributed by atoms with Crippen molar-refractivity contribution in [3.05, 3.63) is 23.8 Å². The van der Waals surface area contributed by atoms with Crippen LogP contribution in [0.15, 0.2) is 18.2 Å². The number of nitrogens with one attached hydrogen (secondary N) is 1. The van der Waals surface area contributed by atoms with Gasteiger partial charge in [-0.15, -0.1) is 0 Å². The average Bonchev–Trinajstić information content (AvgIpc) is 2.78. The molecule has 0 saturated heterocycles. The Morgan fingerprint density at radius 2 is 2.00 bits per heavy atom. The SMILES string of the molecule is CCOc1ccc(NC(=O)C2CCCCCC2)cc1CBr.